The molecule has 1 amide bonds. The summed E-state index contributed by atoms with van der Waals surface area (Å²) in [5.41, 5.74) is 1.89. The highest BCUT2D eigenvalue weighted by molar-refractivity contribution is 7.09. The molecule has 0 spiro atoms. The van der Waals surface area contributed by atoms with Gasteiger partial charge in [-0.15, -0.1) is 16.4 Å². The Morgan fingerprint density at radius 2 is 2.04 bits per heavy atom. The lowest BCUT2D eigenvalue weighted by Crippen LogP contribution is -2.36. The summed E-state index contributed by atoms with van der Waals surface area (Å²) in [5, 5.41) is 11.0. The Hall–Kier alpha value is -2.74. The number of likely N-dealkylation sites (tertiary alicyclic amines) is 1. The van der Waals surface area contributed by atoms with Gasteiger partial charge in [0.2, 0.25) is 5.91 Å². The average Bonchev–Trinajstić information content (AvgIpc) is 3.39. The maximum atomic E-state index is 11.4. The number of ether oxygens (including phenoxy) is 1. The van der Waals surface area contributed by atoms with Crippen LogP contribution in [0.15, 0.2) is 42.0 Å². The van der Waals surface area contributed by atoms with E-state index in [9.17, 15) is 4.79 Å². The first-order valence-electron chi connectivity index (χ1n) is 8.98. The zero-order valence-electron chi connectivity index (χ0n) is 15.1. The summed E-state index contributed by atoms with van der Waals surface area (Å²) in [6.45, 7) is 3.73. The summed E-state index contributed by atoms with van der Waals surface area (Å²) >= 11 is 1.69. The monoisotopic (exact) mass is 383 g/mol. The molecule has 0 N–H and O–H groups in total. The maximum absolute atomic E-state index is 11.4. The van der Waals surface area contributed by atoms with Crippen molar-refractivity contribution in [3.63, 3.8) is 0 Å². The smallest absolute Gasteiger partial charge is 0.219 e. The first kappa shape index (κ1) is 17.7. The van der Waals surface area contributed by atoms with Gasteiger partial charge in [0, 0.05) is 31.3 Å². The molecule has 0 unspecified atom stereocenters. The van der Waals surface area contributed by atoms with E-state index in [1.54, 1.807) is 35.3 Å². The van der Waals surface area contributed by atoms with Gasteiger partial charge < -0.3 is 9.64 Å². The second kappa shape index (κ2) is 7.87. The number of rotatable bonds is 5. The van der Waals surface area contributed by atoms with Crippen molar-refractivity contribution in [2.45, 2.75) is 32.3 Å². The lowest BCUT2D eigenvalue weighted by molar-refractivity contribution is -0.129. The van der Waals surface area contributed by atoms with Gasteiger partial charge >= 0.3 is 0 Å². The van der Waals surface area contributed by atoms with E-state index in [0.717, 1.165) is 48.1 Å². The number of hydrogen-bond acceptors (Lipinski definition) is 6. The third-order valence-electron chi connectivity index (χ3n) is 4.77. The lowest BCUT2D eigenvalue weighted by atomic mass is 9.97. The Morgan fingerprint density at radius 3 is 2.70 bits per heavy atom. The van der Waals surface area contributed by atoms with E-state index in [-0.39, 0.29) is 5.91 Å². The van der Waals surface area contributed by atoms with Gasteiger partial charge in [-0.2, -0.15) is 0 Å². The van der Waals surface area contributed by atoms with Crippen molar-refractivity contribution >= 4 is 17.2 Å². The number of amides is 1. The van der Waals surface area contributed by atoms with Crippen LogP contribution >= 0.6 is 11.3 Å². The molecule has 2 aromatic heterocycles. The van der Waals surface area contributed by atoms with Crippen LogP contribution in [0, 0.1) is 0 Å². The van der Waals surface area contributed by atoms with E-state index in [1.807, 2.05) is 29.2 Å². The second-order valence-electron chi connectivity index (χ2n) is 6.59. The van der Waals surface area contributed by atoms with Gasteiger partial charge in [-0.3, -0.25) is 4.79 Å². The van der Waals surface area contributed by atoms with E-state index in [0.29, 0.717) is 12.5 Å². The van der Waals surface area contributed by atoms with Gasteiger partial charge in [-0.25, -0.2) is 9.67 Å². The minimum atomic E-state index is 0.163. The molecule has 27 heavy (non-hydrogen) atoms. The Labute approximate surface area is 161 Å². The maximum Gasteiger partial charge on any atom is 0.219 e. The number of carbonyl (C=O) groups is 1. The number of benzene rings is 1. The summed E-state index contributed by atoms with van der Waals surface area (Å²) < 4.78 is 7.56. The third-order valence-corrected chi connectivity index (χ3v) is 5.83. The molecule has 0 bridgehead atoms. The van der Waals surface area contributed by atoms with E-state index < -0.39 is 0 Å². The van der Waals surface area contributed by atoms with E-state index in [1.165, 1.54) is 0 Å². The molecule has 0 saturated carbocycles. The largest absolute Gasteiger partial charge is 0.487 e. The number of aromatic nitrogens is 4. The number of thiazole rings is 1. The molecule has 0 atom stereocenters. The first-order chi connectivity index (χ1) is 13.2. The molecule has 7 nitrogen and oxygen atoms in total. The van der Waals surface area contributed by atoms with Crippen LogP contribution in [-0.2, 0) is 11.4 Å². The molecule has 1 aromatic carbocycles. The predicted molar refractivity (Wildman–Crippen MR) is 102 cm³/mol. The van der Waals surface area contributed by atoms with E-state index in [2.05, 4.69) is 15.7 Å². The molecular formula is C19H21N5O2S. The highest BCUT2D eigenvalue weighted by atomic mass is 32.1. The molecule has 0 aliphatic carbocycles. The van der Waals surface area contributed by atoms with Crippen molar-refractivity contribution < 1.29 is 9.53 Å². The van der Waals surface area contributed by atoms with Crippen molar-refractivity contribution in [1.29, 1.82) is 0 Å². The Morgan fingerprint density at radius 1 is 1.26 bits per heavy atom. The topological polar surface area (TPSA) is 73.1 Å². The standard InChI is InChI=1S/C19H21N5O2S/c1-14(25)23-9-6-15(7-10-23)19-21-16(13-27-19)12-26-18-4-2-17(3-5-18)24-11-8-20-22-24/h2-5,8,11,13,15H,6-7,9-10,12H2,1H3. The predicted octanol–water partition coefficient (Wildman–Crippen LogP) is 3.03. The fourth-order valence-corrected chi connectivity index (χ4v) is 4.19. The minimum Gasteiger partial charge on any atom is -0.487 e. The van der Waals surface area contributed by atoms with Gasteiger partial charge in [-0.1, -0.05) is 5.21 Å². The highest BCUT2D eigenvalue weighted by Crippen LogP contribution is 2.30. The Kier molecular flexibility index (Phi) is 5.15. The molecule has 3 heterocycles. The summed E-state index contributed by atoms with van der Waals surface area (Å²) in [5.74, 6) is 1.40. The minimum absolute atomic E-state index is 0.163. The number of carbonyl (C=O) groups excluding carboxylic acids is 1. The average molecular weight is 383 g/mol. The Bertz CT molecular complexity index is 883. The lowest BCUT2D eigenvalue weighted by Gasteiger charge is -2.30. The third kappa shape index (κ3) is 4.16. The van der Waals surface area contributed by atoms with E-state index in [4.69, 9.17) is 9.72 Å². The van der Waals surface area contributed by atoms with Gasteiger partial charge in [0.25, 0.3) is 0 Å². The molecule has 8 heteroatoms. The van der Waals surface area contributed by atoms with Crippen LogP contribution in [0.4, 0.5) is 0 Å². The van der Waals surface area contributed by atoms with Crippen molar-refractivity contribution in [2.75, 3.05) is 13.1 Å². The molecule has 1 saturated heterocycles. The molecule has 0 radical (unpaired) electrons. The molecule has 1 aliphatic rings. The highest BCUT2D eigenvalue weighted by Gasteiger charge is 2.24. The molecule has 1 aliphatic heterocycles. The van der Waals surface area contributed by atoms with Crippen LogP contribution in [0.25, 0.3) is 5.69 Å². The summed E-state index contributed by atoms with van der Waals surface area (Å²) in [6.07, 6.45) is 5.41. The molecule has 4 rings (SSSR count). The quantitative estimate of drug-likeness (QED) is 0.677. The number of piperidine rings is 1. The van der Waals surface area contributed by atoms with Crippen LogP contribution in [0.5, 0.6) is 5.75 Å². The van der Waals surface area contributed by atoms with Gasteiger partial charge in [0.1, 0.15) is 12.4 Å². The fourth-order valence-electron chi connectivity index (χ4n) is 3.22. The van der Waals surface area contributed by atoms with Crippen molar-refractivity contribution in [3.05, 3.63) is 52.7 Å². The zero-order chi connectivity index (χ0) is 18.6. The van der Waals surface area contributed by atoms with Crippen LogP contribution in [0.3, 0.4) is 0 Å². The van der Waals surface area contributed by atoms with Gasteiger partial charge in [0.05, 0.1) is 28.8 Å². The van der Waals surface area contributed by atoms with Gasteiger partial charge in [0.15, 0.2) is 0 Å². The van der Waals surface area contributed by atoms with Crippen molar-refractivity contribution in [2.24, 2.45) is 0 Å². The fraction of sp³-hybridized carbons (Fsp3) is 0.368. The SMILES string of the molecule is CC(=O)N1CCC(c2nc(COc3ccc(-n4ccnn4)cc3)cs2)CC1. The van der Waals surface area contributed by atoms with Gasteiger partial charge in [-0.05, 0) is 37.1 Å². The Balaban J connectivity index is 1.31. The van der Waals surface area contributed by atoms with Crippen molar-refractivity contribution in [3.8, 4) is 11.4 Å². The van der Waals surface area contributed by atoms with E-state index >= 15 is 0 Å². The molecule has 3 aromatic rings. The van der Waals surface area contributed by atoms with Crippen LogP contribution < -0.4 is 4.74 Å². The van der Waals surface area contributed by atoms with Crippen LogP contribution in [0.2, 0.25) is 0 Å². The normalized spacial score (nSPS) is 15.1. The van der Waals surface area contributed by atoms with Crippen LogP contribution in [-0.4, -0.2) is 43.9 Å². The molecule has 1 fully saturated rings. The zero-order valence-corrected chi connectivity index (χ0v) is 15.9. The summed E-state index contributed by atoms with van der Waals surface area (Å²) in [7, 11) is 0. The first-order valence-corrected chi connectivity index (χ1v) is 9.86. The molecular weight excluding hydrogens is 362 g/mol. The second-order valence-corrected chi connectivity index (χ2v) is 7.48. The summed E-state index contributed by atoms with van der Waals surface area (Å²) in [4.78, 5) is 18.1. The molecule has 140 valence electrons. The van der Waals surface area contributed by atoms with Crippen LogP contribution in [0.1, 0.15) is 36.4 Å². The number of hydrogen-bond donors (Lipinski definition) is 0. The number of nitrogens with zero attached hydrogens (tertiary/aromatic N) is 5. The van der Waals surface area contributed by atoms with Crippen molar-refractivity contribution in [1.82, 2.24) is 24.9 Å². The summed E-state index contributed by atoms with van der Waals surface area (Å²) in [6, 6.07) is 7.72.